The molecule has 4 nitrogen and oxygen atoms in total. The first kappa shape index (κ1) is 11.1. The molecule has 0 radical (unpaired) electrons. The molecular weight excluding hydrogens is 204 g/mol. The molecule has 1 amide bonds. The second-order valence-corrected chi connectivity index (χ2v) is 4.08. The molecule has 1 aromatic rings. The van der Waals surface area contributed by atoms with E-state index in [-0.39, 0.29) is 11.9 Å². The molecule has 1 aliphatic rings. The highest BCUT2D eigenvalue weighted by atomic mass is 16.3. The van der Waals surface area contributed by atoms with Gasteiger partial charge in [-0.2, -0.15) is 0 Å². The number of carbonyl (C=O) groups is 1. The van der Waals surface area contributed by atoms with Gasteiger partial charge in [0.2, 0.25) is 0 Å². The lowest BCUT2D eigenvalue weighted by atomic mass is 10.1. The van der Waals surface area contributed by atoms with Crippen molar-refractivity contribution in [2.24, 2.45) is 0 Å². The van der Waals surface area contributed by atoms with Gasteiger partial charge in [-0.05, 0) is 12.1 Å². The van der Waals surface area contributed by atoms with Crippen LogP contribution in [0.5, 0.6) is 0 Å². The summed E-state index contributed by atoms with van der Waals surface area (Å²) in [5.74, 6) is -0.0478. The molecule has 0 aliphatic carbocycles. The van der Waals surface area contributed by atoms with Crippen molar-refractivity contribution in [2.45, 2.75) is 12.1 Å². The van der Waals surface area contributed by atoms with Crippen LogP contribution in [0.15, 0.2) is 30.3 Å². The zero-order valence-corrected chi connectivity index (χ0v) is 9.26. The largest absolute Gasteiger partial charge is 0.390 e. The summed E-state index contributed by atoms with van der Waals surface area (Å²) >= 11 is 0. The summed E-state index contributed by atoms with van der Waals surface area (Å²) in [6.45, 7) is 1.20. The van der Waals surface area contributed by atoms with Crippen LogP contribution in [-0.2, 0) is 0 Å². The first-order chi connectivity index (χ1) is 7.70. The zero-order chi connectivity index (χ0) is 11.5. The minimum Gasteiger partial charge on any atom is -0.390 e. The number of aliphatic hydroxyl groups is 1. The van der Waals surface area contributed by atoms with Crippen LogP contribution < -0.4 is 5.32 Å². The summed E-state index contributed by atoms with van der Waals surface area (Å²) < 4.78 is 0. The monoisotopic (exact) mass is 220 g/mol. The van der Waals surface area contributed by atoms with Crippen molar-refractivity contribution in [2.75, 3.05) is 20.1 Å². The SMILES string of the molecule is CN(C(=O)c1ccccc1)C1CNCC1O. The molecule has 1 heterocycles. The van der Waals surface area contributed by atoms with Gasteiger partial charge in [0.05, 0.1) is 12.1 Å². The summed E-state index contributed by atoms with van der Waals surface area (Å²) in [4.78, 5) is 13.7. The molecule has 16 heavy (non-hydrogen) atoms. The number of benzene rings is 1. The Morgan fingerprint density at radius 1 is 1.38 bits per heavy atom. The van der Waals surface area contributed by atoms with Gasteiger partial charge in [-0.3, -0.25) is 4.79 Å². The van der Waals surface area contributed by atoms with Crippen molar-refractivity contribution in [3.8, 4) is 0 Å². The van der Waals surface area contributed by atoms with Gasteiger partial charge in [0.15, 0.2) is 0 Å². The maximum absolute atomic E-state index is 12.1. The highest BCUT2D eigenvalue weighted by Gasteiger charge is 2.31. The lowest BCUT2D eigenvalue weighted by Crippen LogP contribution is -2.44. The van der Waals surface area contributed by atoms with Crippen LogP contribution in [0, 0.1) is 0 Å². The fraction of sp³-hybridized carbons (Fsp3) is 0.417. The molecular formula is C12H16N2O2. The van der Waals surface area contributed by atoms with E-state index in [1.54, 1.807) is 24.1 Å². The minimum atomic E-state index is -0.474. The molecule has 0 saturated carbocycles. The normalized spacial score (nSPS) is 24.4. The summed E-state index contributed by atoms with van der Waals surface area (Å²) in [5, 5.41) is 12.8. The Hall–Kier alpha value is -1.39. The number of β-amino-alcohol motifs (C(OH)–C–C–N with tert-alkyl or cyclic N) is 1. The number of hydrogen-bond acceptors (Lipinski definition) is 3. The van der Waals surface area contributed by atoms with Gasteiger partial charge in [-0.1, -0.05) is 18.2 Å². The molecule has 1 fully saturated rings. The van der Waals surface area contributed by atoms with E-state index < -0.39 is 6.10 Å². The third-order valence-electron chi connectivity index (χ3n) is 2.99. The van der Waals surface area contributed by atoms with Crippen LogP contribution in [-0.4, -0.2) is 48.2 Å². The highest BCUT2D eigenvalue weighted by Crippen LogP contribution is 2.11. The maximum Gasteiger partial charge on any atom is 0.253 e. The Morgan fingerprint density at radius 2 is 2.06 bits per heavy atom. The molecule has 1 aromatic carbocycles. The van der Waals surface area contributed by atoms with Crippen LogP contribution in [0.3, 0.4) is 0 Å². The summed E-state index contributed by atoms with van der Waals surface area (Å²) in [6, 6.07) is 8.99. The van der Waals surface area contributed by atoms with E-state index in [1.165, 1.54) is 0 Å². The highest BCUT2D eigenvalue weighted by molar-refractivity contribution is 5.94. The third kappa shape index (κ3) is 2.08. The summed E-state index contributed by atoms with van der Waals surface area (Å²) in [7, 11) is 1.73. The van der Waals surface area contributed by atoms with Gasteiger partial charge < -0.3 is 15.3 Å². The van der Waals surface area contributed by atoms with E-state index in [9.17, 15) is 9.90 Å². The quantitative estimate of drug-likeness (QED) is 0.743. The van der Waals surface area contributed by atoms with Gasteiger partial charge in [0, 0.05) is 25.7 Å². The average molecular weight is 220 g/mol. The predicted octanol–water partition coefficient (Wildman–Crippen LogP) is 0.0913. The minimum absolute atomic E-state index is 0.0478. The van der Waals surface area contributed by atoms with Crippen molar-refractivity contribution in [3.63, 3.8) is 0 Å². The Morgan fingerprint density at radius 3 is 2.62 bits per heavy atom. The number of rotatable bonds is 2. The number of carbonyl (C=O) groups excluding carboxylic acids is 1. The van der Waals surface area contributed by atoms with Crippen LogP contribution in [0.2, 0.25) is 0 Å². The summed E-state index contributed by atoms with van der Waals surface area (Å²) in [6.07, 6.45) is -0.474. The Balaban J connectivity index is 2.10. The number of likely N-dealkylation sites (N-methyl/N-ethyl adjacent to an activating group) is 1. The fourth-order valence-electron chi connectivity index (χ4n) is 1.98. The molecule has 1 saturated heterocycles. The molecule has 0 spiro atoms. The molecule has 2 N–H and O–H groups in total. The van der Waals surface area contributed by atoms with Crippen molar-refractivity contribution in [1.82, 2.24) is 10.2 Å². The first-order valence-corrected chi connectivity index (χ1v) is 5.41. The zero-order valence-electron chi connectivity index (χ0n) is 9.26. The molecule has 86 valence electrons. The fourth-order valence-corrected chi connectivity index (χ4v) is 1.98. The van der Waals surface area contributed by atoms with E-state index in [0.717, 1.165) is 0 Å². The Labute approximate surface area is 94.9 Å². The van der Waals surface area contributed by atoms with Crippen LogP contribution in [0.4, 0.5) is 0 Å². The first-order valence-electron chi connectivity index (χ1n) is 5.41. The molecule has 2 rings (SSSR count). The maximum atomic E-state index is 12.1. The smallest absolute Gasteiger partial charge is 0.253 e. The topological polar surface area (TPSA) is 52.6 Å². The second kappa shape index (κ2) is 4.63. The average Bonchev–Trinajstić information content (AvgIpc) is 2.75. The van der Waals surface area contributed by atoms with Crippen molar-refractivity contribution in [1.29, 1.82) is 0 Å². The van der Waals surface area contributed by atoms with Gasteiger partial charge in [-0.15, -0.1) is 0 Å². The standard InChI is InChI=1S/C12H16N2O2/c1-14(10-7-13-8-11(10)15)12(16)9-5-3-2-4-6-9/h2-6,10-11,13,15H,7-8H2,1H3. The van der Waals surface area contributed by atoms with Crippen molar-refractivity contribution >= 4 is 5.91 Å². The Bertz CT molecular complexity index is 367. The van der Waals surface area contributed by atoms with Gasteiger partial charge in [0.25, 0.3) is 5.91 Å². The number of amides is 1. The number of aliphatic hydroxyl groups excluding tert-OH is 1. The lowest BCUT2D eigenvalue weighted by Gasteiger charge is -2.26. The van der Waals surface area contributed by atoms with Gasteiger partial charge >= 0.3 is 0 Å². The number of hydrogen-bond donors (Lipinski definition) is 2. The van der Waals surface area contributed by atoms with E-state index in [4.69, 9.17) is 0 Å². The molecule has 0 aromatic heterocycles. The van der Waals surface area contributed by atoms with Gasteiger partial charge in [0.1, 0.15) is 0 Å². The number of nitrogens with one attached hydrogen (secondary N) is 1. The molecule has 2 atom stereocenters. The second-order valence-electron chi connectivity index (χ2n) is 4.08. The molecule has 0 bridgehead atoms. The molecule has 1 aliphatic heterocycles. The van der Waals surface area contributed by atoms with Crippen LogP contribution >= 0.6 is 0 Å². The van der Waals surface area contributed by atoms with Crippen LogP contribution in [0.25, 0.3) is 0 Å². The molecule has 2 unspecified atom stereocenters. The van der Waals surface area contributed by atoms with E-state index in [2.05, 4.69) is 5.32 Å². The van der Waals surface area contributed by atoms with E-state index >= 15 is 0 Å². The third-order valence-corrected chi connectivity index (χ3v) is 2.99. The molecule has 4 heteroatoms. The van der Waals surface area contributed by atoms with Crippen molar-refractivity contribution in [3.05, 3.63) is 35.9 Å². The van der Waals surface area contributed by atoms with E-state index in [0.29, 0.717) is 18.7 Å². The van der Waals surface area contributed by atoms with E-state index in [1.807, 2.05) is 18.2 Å². The predicted molar refractivity (Wildman–Crippen MR) is 61.2 cm³/mol. The lowest BCUT2D eigenvalue weighted by molar-refractivity contribution is 0.0581. The van der Waals surface area contributed by atoms with Crippen LogP contribution in [0.1, 0.15) is 10.4 Å². The number of nitrogens with zero attached hydrogens (tertiary/aromatic N) is 1. The van der Waals surface area contributed by atoms with Gasteiger partial charge in [-0.25, -0.2) is 0 Å². The Kier molecular flexibility index (Phi) is 3.22. The van der Waals surface area contributed by atoms with Crippen molar-refractivity contribution < 1.29 is 9.90 Å². The summed E-state index contributed by atoms with van der Waals surface area (Å²) in [5.41, 5.74) is 0.657.